The number of benzene rings is 1. The number of nitrogens with one attached hydrogen (secondary N) is 1. The van der Waals surface area contributed by atoms with E-state index in [1.165, 1.54) is 0 Å². The molecule has 0 heterocycles. The van der Waals surface area contributed by atoms with Gasteiger partial charge in [-0.2, -0.15) is 0 Å². The standard InChI is InChI=1S/C14H20N2O2/c1-4-5-6-7-13(16-15)12-10-11(17-2)8-9-14(12)18-3/h1,8-10,13,16H,5-7,15H2,2-3H3. The van der Waals surface area contributed by atoms with Gasteiger partial charge in [0.15, 0.2) is 0 Å². The molecule has 1 atom stereocenters. The first-order chi connectivity index (χ1) is 8.76. The molecule has 18 heavy (non-hydrogen) atoms. The zero-order valence-electron chi connectivity index (χ0n) is 10.9. The Labute approximate surface area is 108 Å². The molecule has 0 spiro atoms. The van der Waals surface area contributed by atoms with Gasteiger partial charge in [-0.15, -0.1) is 12.3 Å². The molecular weight excluding hydrogens is 228 g/mol. The summed E-state index contributed by atoms with van der Waals surface area (Å²) in [6, 6.07) is 5.67. The molecule has 1 rings (SSSR count). The first-order valence-corrected chi connectivity index (χ1v) is 5.88. The average molecular weight is 248 g/mol. The molecular formula is C14H20N2O2. The Morgan fingerprint density at radius 2 is 2.17 bits per heavy atom. The summed E-state index contributed by atoms with van der Waals surface area (Å²) in [4.78, 5) is 0. The van der Waals surface area contributed by atoms with Crippen LogP contribution in [0.25, 0.3) is 0 Å². The van der Waals surface area contributed by atoms with Gasteiger partial charge in [-0.1, -0.05) is 0 Å². The predicted octanol–water partition coefficient (Wildman–Crippen LogP) is 2.01. The zero-order valence-corrected chi connectivity index (χ0v) is 10.9. The lowest BCUT2D eigenvalue weighted by Crippen LogP contribution is -2.28. The fraction of sp³-hybridized carbons (Fsp3) is 0.429. The Kier molecular flexibility index (Phi) is 6.06. The quantitative estimate of drug-likeness (QED) is 0.335. The van der Waals surface area contributed by atoms with Crippen molar-refractivity contribution in [1.29, 1.82) is 0 Å². The minimum Gasteiger partial charge on any atom is -0.497 e. The predicted molar refractivity (Wildman–Crippen MR) is 72.3 cm³/mol. The fourth-order valence-corrected chi connectivity index (χ4v) is 1.85. The van der Waals surface area contributed by atoms with Crippen LogP contribution in [0.2, 0.25) is 0 Å². The maximum atomic E-state index is 5.60. The Balaban J connectivity index is 2.91. The minimum absolute atomic E-state index is 0.00315. The van der Waals surface area contributed by atoms with Crippen molar-refractivity contribution in [3.63, 3.8) is 0 Å². The van der Waals surface area contributed by atoms with Crippen LogP contribution in [0.1, 0.15) is 30.9 Å². The van der Waals surface area contributed by atoms with Crippen LogP contribution in [0.5, 0.6) is 11.5 Å². The van der Waals surface area contributed by atoms with E-state index in [1.807, 2.05) is 18.2 Å². The molecule has 98 valence electrons. The van der Waals surface area contributed by atoms with Gasteiger partial charge < -0.3 is 9.47 Å². The maximum Gasteiger partial charge on any atom is 0.123 e. The molecule has 0 saturated heterocycles. The summed E-state index contributed by atoms with van der Waals surface area (Å²) < 4.78 is 10.6. The number of nitrogens with two attached hydrogens (primary N) is 1. The summed E-state index contributed by atoms with van der Waals surface area (Å²) in [6.07, 6.45) is 7.75. The third-order valence-electron chi connectivity index (χ3n) is 2.83. The average Bonchev–Trinajstić information content (AvgIpc) is 2.43. The van der Waals surface area contributed by atoms with E-state index in [0.717, 1.165) is 36.3 Å². The van der Waals surface area contributed by atoms with E-state index in [4.69, 9.17) is 21.7 Å². The van der Waals surface area contributed by atoms with Crippen LogP contribution < -0.4 is 20.7 Å². The first-order valence-electron chi connectivity index (χ1n) is 5.88. The Morgan fingerprint density at radius 3 is 2.72 bits per heavy atom. The molecule has 4 heteroatoms. The molecule has 0 aliphatic carbocycles. The largest absolute Gasteiger partial charge is 0.497 e. The van der Waals surface area contributed by atoms with Crippen molar-refractivity contribution in [1.82, 2.24) is 5.43 Å². The summed E-state index contributed by atoms with van der Waals surface area (Å²) in [6.45, 7) is 0. The molecule has 0 aromatic heterocycles. The number of hydrogen-bond acceptors (Lipinski definition) is 4. The molecule has 0 radical (unpaired) electrons. The molecule has 1 aromatic rings. The topological polar surface area (TPSA) is 56.5 Å². The van der Waals surface area contributed by atoms with Gasteiger partial charge in [0.2, 0.25) is 0 Å². The molecule has 1 unspecified atom stereocenters. The molecule has 0 bridgehead atoms. The number of unbranched alkanes of at least 4 members (excludes halogenated alkanes) is 1. The van der Waals surface area contributed by atoms with Gasteiger partial charge in [-0.3, -0.25) is 11.3 Å². The lowest BCUT2D eigenvalue weighted by molar-refractivity contribution is 0.385. The molecule has 3 N–H and O–H groups in total. The summed E-state index contributed by atoms with van der Waals surface area (Å²) in [5.41, 5.74) is 3.78. The van der Waals surface area contributed by atoms with E-state index < -0.39 is 0 Å². The number of ether oxygens (including phenoxy) is 2. The first kappa shape index (κ1) is 14.4. The third-order valence-corrected chi connectivity index (χ3v) is 2.83. The molecule has 0 fully saturated rings. The summed E-state index contributed by atoms with van der Waals surface area (Å²) >= 11 is 0. The van der Waals surface area contributed by atoms with Gasteiger partial charge in [-0.25, -0.2) is 0 Å². The van der Waals surface area contributed by atoms with Crippen molar-refractivity contribution in [3.8, 4) is 23.8 Å². The van der Waals surface area contributed by atoms with Gasteiger partial charge in [0, 0.05) is 18.0 Å². The van der Waals surface area contributed by atoms with Gasteiger partial charge in [-0.05, 0) is 31.0 Å². The molecule has 0 amide bonds. The summed E-state index contributed by atoms with van der Waals surface area (Å²) in [5.74, 6) is 9.80. The summed E-state index contributed by atoms with van der Waals surface area (Å²) in [7, 11) is 3.27. The second-order valence-electron chi connectivity index (χ2n) is 3.92. The highest BCUT2D eigenvalue weighted by Gasteiger charge is 2.15. The van der Waals surface area contributed by atoms with Gasteiger partial charge in [0.05, 0.1) is 14.2 Å². The normalized spacial score (nSPS) is 11.7. The SMILES string of the molecule is C#CCCCC(NN)c1cc(OC)ccc1OC. The number of methoxy groups -OCH3 is 2. The lowest BCUT2D eigenvalue weighted by atomic mass is 10.0. The van der Waals surface area contributed by atoms with Crippen molar-refractivity contribution in [2.75, 3.05) is 14.2 Å². The maximum absolute atomic E-state index is 5.60. The zero-order chi connectivity index (χ0) is 13.4. The van der Waals surface area contributed by atoms with Crippen molar-refractivity contribution < 1.29 is 9.47 Å². The fourth-order valence-electron chi connectivity index (χ4n) is 1.85. The summed E-state index contributed by atoms with van der Waals surface area (Å²) in [5, 5.41) is 0. The monoisotopic (exact) mass is 248 g/mol. The van der Waals surface area contributed by atoms with Crippen molar-refractivity contribution in [3.05, 3.63) is 23.8 Å². The number of hydrazine groups is 1. The van der Waals surface area contributed by atoms with Crippen LogP contribution in [0.15, 0.2) is 18.2 Å². The second-order valence-corrected chi connectivity index (χ2v) is 3.92. The van der Waals surface area contributed by atoms with Gasteiger partial charge in [0.25, 0.3) is 0 Å². The Morgan fingerprint density at radius 1 is 1.39 bits per heavy atom. The van der Waals surface area contributed by atoms with E-state index in [9.17, 15) is 0 Å². The molecule has 0 aliphatic rings. The van der Waals surface area contributed by atoms with Gasteiger partial charge in [0.1, 0.15) is 11.5 Å². The Hall–Kier alpha value is -1.70. The highest BCUT2D eigenvalue weighted by Crippen LogP contribution is 2.31. The van der Waals surface area contributed by atoms with Crippen molar-refractivity contribution in [2.45, 2.75) is 25.3 Å². The van der Waals surface area contributed by atoms with Crippen LogP contribution in [0.3, 0.4) is 0 Å². The lowest BCUT2D eigenvalue weighted by Gasteiger charge is -2.19. The number of hydrogen-bond donors (Lipinski definition) is 2. The number of terminal acetylenes is 1. The van der Waals surface area contributed by atoms with E-state index in [-0.39, 0.29) is 6.04 Å². The second kappa shape index (κ2) is 7.59. The highest BCUT2D eigenvalue weighted by molar-refractivity contribution is 5.42. The smallest absolute Gasteiger partial charge is 0.123 e. The third kappa shape index (κ3) is 3.66. The number of rotatable bonds is 7. The molecule has 1 aromatic carbocycles. The van der Waals surface area contributed by atoms with E-state index in [0.29, 0.717) is 0 Å². The molecule has 0 saturated carbocycles. The molecule has 0 aliphatic heterocycles. The van der Waals surface area contributed by atoms with Crippen LogP contribution in [0, 0.1) is 12.3 Å². The minimum atomic E-state index is 0.00315. The van der Waals surface area contributed by atoms with Crippen LogP contribution in [-0.4, -0.2) is 14.2 Å². The van der Waals surface area contributed by atoms with Crippen LogP contribution >= 0.6 is 0 Å². The Bertz CT molecular complexity index is 413. The van der Waals surface area contributed by atoms with Crippen LogP contribution in [-0.2, 0) is 0 Å². The van der Waals surface area contributed by atoms with Crippen LogP contribution in [0.4, 0.5) is 0 Å². The highest BCUT2D eigenvalue weighted by atomic mass is 16.5. The van der Waals surface area contributed by atoms with E-state index >= 15 is 0 Å². The van der Waals surface area contributed by atoms with Gasteiger partial charge >= 0.3 is 0 Å². The van der Waals surface area contributed by atoms with E-state index in [2.05, 4.69) is 11.3 Å². The molecule has 4 nitrogen and oxygen atoms in total. The van der Waals surface area contributed by atoms with Crippen molar-refractivity contribution >= 4 is 0 Å². The van der Waals surface area contributed by atoms with E-state index in [1.54, 1.807) is 14.2 Å². The van der Waals surface area contributed by atoms with Crippen molar-refractivity contribution in [2.24, 2.45) is 5.84 Å².